The fraction of sp³-hybridized carbons (Fsp3) is 0.382. The van der Waals surface area contributed by atoms with E-state index >= 15 is 0 Å². The number of amides is 2. The number of nitrogens with one attached hydrogen (secondary N) is 2. The third kappa shape index (κ3) is 8.96. The molecule has 0 bridgehead atoms. The molecular formula is C34H42N4O7. The van der Waals surface area contributed by atoms with Gasteiger partial charge in [-0.15, -0.1) is 0 Å². The van der Waals surface area contributed by atoms with Gasteiger partial charge in [0.2, 0.25) is 0 Å². The lowest BCUT2D eigenvalue weighted by Gasteiger charge is -2.26. The quantitative estimate of drug-likeness (QED) is 0.149. The minimum atomic E-state index is -0.643. The molecule has 1 aliphatic carbocycles. The molecule has 0 aliphatic heterocycles. The van der Waals surface area contributed by atoms with Gasteiger partial charge in [-0.2, -0.15) is 0 Å². The van der Waals surface area contributed by atoms with Crippen LogP contribution in [0.2, 0.25) is 0 Å². The van der Waals surface area contributed by atoms with Gasteiger partial charge in [0.05, 0.1) is 43.9 Å². The Morgan fingerprint density at radius 2 is 1.69 bits per heavy atom. The molecule has 0 radical (unpaired) electrons. The highest BCUT2D eigenvalue weighted by Gasteiger charge is 2.28. The Labute approximate surface area is 264 Å². The Morgan fingerprint density at radius 1 is 0.956 bits per heavy atom. The molecule has 0 spiro atoms. The van der Waals surface area contributed by atoms with Crippen LogP contribution in [0.15, 0.2) is 60.7 Å². The molecule has 1 fully saturated rings. The van der Waals surface area contributed by atoms with Crippen molar-refractivity contribution in [2.24, 2.45) is 5.73 Å². The number of aryl methyl sites for hydroxylation is 1. The third-order valence-electron chi connectivity index (χ3n) is 7.32. The maximum Gasteiger partial charge on any atom is 0.338 e. The van der Waals surface area contributed by atoms with Gasteiger partial charge >= 0.3 is 12.0 Å². The number of primary amides is 1. The van der Waals surface area contributed by atoms with E-state index in [0.29, 0.717) is 40.2 Å². The highest BCUT2D eigenvalue weighted by molar-refractivity contribution is 6.00. The summed E-state index contributed by atoms with van der Waals surface area (Å²) in [5.74, 6) is 0.837. The topological polar surface area (TPSA) is 141 Å². The first-order valence-electron chi connectivity index (χ1n) is 15.0. The zero-order chi connectivity index (χ0) is 32.5. The number of esters is 1. The van der Waals surface area contributed by atoms with E-state index in [9.17, 15) is 14.4 Å². The summed E-state index contributed by atoms with van der Waals surface area (Å²) in [6, 6.07) is 17.3. The summed E-state index contributed by atoms with van der Waals surface area (Å²) in [5, 5.41) is 6.85. The van der Waals surface area contributed by atoms with Crippen LogP contribution < -0.4 is 35.5 Å². The fourth-order valence-electron chi connectivity index (χ4n) is 5.04. The van der Waals surface area contributed by atoms with Crippen LogP contribution >= 0.6 is 0 Å². The molecule has 3 aromatic rings. The molecule has 0 heterocycles. The number of rotatable bonds is 16. The molecule has 1 aliphatic rings. The summed E-state index contributed by atoms with van der Waals surface area (Å²) >= 11 is 0. The average Bonchev–Trinajstić information content (AvgIpc) is 3.82. The van der Waals surface area contributed by atoms with Crippen LogP contribution in [0.4, 0.5) is 16.2 Å². The minimum absolute atomic E-state index is 0.00434. The number of methoxy groups -OCH3 is 2. The van der Waals surface area contributed by atoms with Crippen molar-refractivity contribution in [1.29, 1.82) is 0 Å². The Kier molecular flexibility index (Phi) is 11.4. The second-order valence-electron chi connectivity index (χ2n) is 10.9. The normalized spacial score (nSPS) is 13.8. The van der Waals surface area contributed by atoms with Crippen molar-refractivity contribution in [1.82, 2.24) is 10.6 Å². The van der Waals surface area contributed by atoms with Crippen LogP contribution in [-0.4, -0.2) is 57.0 Å². The second-order valence-corrected chi connectivity index (χ2v) is 10.9. The molecule has 0 aromatic heterocycles. The third-order valence-corrected chi connectivity index (χ3v) is 7.32. The molecule has 45 heavy (non-hydrogen) atoms. The molecule has 4 N–H and O–H groups in total. The van der Waals surface area contributed by atoms with Crippen LogP contribution in [0.1, 0.15) is 54.6 Å². The first kappa shape index (κ1) is 33.3. The summed E-state index contributed by atoms with van der Waals surface area (Å²) in [6.45, 7) is 5.76. The standard InChI is InChI=1S/C34H42N4O7/c1-6-44-33(40)24-12-16-29(31(19-24)43-5)45-22(3)36-32(37-25-13-14-25)20-26(39)17-23-11-15-28(30(18-23)42-4)38(34(35)41)27-10-8-7-9-21(27)2/h7-12,15-16,18-19,22,25,32,36-37H,6,13-14,17,20H2,1-5H3,(H2,35,41). The molecule has 1 saturated carbocycles. The lowest BCUT2D eigenvalue weighted by molar-refractivity contribution is -0.119. The summed E-state index contributed by atoms with van der Waals surface area (Å²) < 4.78 is 22.2. The number of urea groups is 1. The zero-order valence-corrected chi connectivity index (χ0v) is 26.4. The van der Waals surface area contributed by atoms with E-state index in [1.807, 2.05) is 38.1 Å². The zero-order valence-electron chi connectivity index (χ0n) is 26.4. The Bertz CT molecular complexity index is 1510. The predicted molar refractivity (Wildman–Crippen MR) is 171 cm³/mol. The molecule has 2 unspecified atom stereocenters. The highest BCUT2D eigenvalue weighted by Crippen LogP contribution is 2.36. The summed E-state index contributed by atoms with van der Waals surface area (Å²) in [5.41, 5.74) is 8.90. The van der Waals surface area contributed by atoms with Crippen LogP contribution in [0.5, 0.6) is 17.2 Å². The number of benzene rings is 3. The first-order chi connectivity index (χ1) is 21.6. The van der Waals surface area contributed by atoms with Crippen molar-refractivity contribution in [3.63, 3.8) is 0 Å². The van der Waals surface area contributed by atoms with Gasteiger partial charge in [-0.05, 0) is 81.1 Å². The van der Waals surface area contributed by atoms with E-state index in [1.54, 1.807) is 43.3 Å². The van der Waals surface area contributed by atoms with Crippen molar-refractivity contribution in [2.75, 3.05) is 25.7 Å². The van der Waals surface area contributed by atoms with Crippen molar-refractivity contribution >= 4 is 29.2 Å². The van der Waals surface area contributed by atoms with Crippen molar-refractivity contribution in [3.05, 3.63) is 77.4 Å². The van der Waals surface area contributed by atoms with Gasteiger partial charge in [-0.25, -0.2) is 9.59 Å². The smallest absolute Gasteiger partial charge is 0.338 e. The van der Waals surface area contributed by atoms with Crippen LogP contribution in [0.3, 0.4) is 0 Å². The second kappa shape index (κ2) is 15.4. The van der Waals surface area contributed by atoms with E-state index in [2.05, 4.69) is 10.6 Å². The van der Waals surface area contributed by atoms with E-state index in [0.717, 1.165) is 24.0 Å². The first-order valence-corrected chi connectivity index (χ1v) is 15.0. The number of nitrogens with zero attached hydrogens (tertiary/aromatic N) is 1. The number of anilines is 2. The minimum Gasteiger partial charge on any atom is -0.495 e. The predicted octanol–water partition coefficient (Wildman–Crippen LogP) is 5.00. The summed E-state index contributed by atoms with van der Waals surface area (Å²) in [6.07, 6.45) is 1.64. The van der Waals surface area contributed by atoms with Gasteiger partial charge in [0.1, 0.15) is 17.8 Å². The molecule has 11 heteroatoms. The van der Waals surface area contributed by atoms with Gasteiger partial charge in [0.25, 0.3) is 0 Å². The Morgan fingerprint density at radius 3 is 2.33 bits per heavy atom. The van der Waals surface area contributed by atoms with Crippen molar-refractivity contribution < 1.29 is 33.3 Å². The number of ether oxygens (including phenoxy) is 4. The number of carbonyl (C=O) groups excluding carboxylic acids is 3. The number of carbonyl (C=O) groups is 3. The highest BCUT2D eigenvalue weighted by atomic mass is 16.5. The van der Waals surface area contributed by atoms with Gasteiger partial charge in [0.15, 0.2) is 11.5 Å². The Hall–Kier alpha value is -4.61. The molecule has 4 rings (SSSR count). The van der Waals surface area contributed by atoms with Crippen molar-refractivity contribution in [2.45, 2.75) is 64.9 Å². The molecule has 2 amide bonds. The van der Waals surface area contributed by atoms with E-state index in [1.165, 1.54) is 19.1 Å². The lowest BCUT2D eigenvalue weighted by atomic mass is 10.0. The molecule has 2 atom stereocenters. The number of hydrogen-bond acceptors (Lipinski definition) is 9. The van der Waals surface area contributed by atoms with E-state index < -0.39 is 18.2 Å². The van der Waals surface area contributed by atoms with Crippen LogP contribution in [0.25, 0.3) is 0 Å². The SMILES string of the molecule is CCOC(=O)c1ccc(OC(C)NC(CC(=O)Cc2ccc(N(C(N)=O)c3ccccc3C)c(OC)c2)NC2CC2)c(OC)c1. The maximum absolute atomic E-state index is 13.3. The molecule has 240 valence electrons. The molecule has 0 saturated heterocycles. The number of hydrogen-bond donors (Lipinski definition) is 3. The average molecular weight is 619 g/mol. The van der Waals surface area contributed by atoms with Crippen LogP contribution in [0, 0.1) is 6.92 Å². The number of para-hydroxylation sites is 1. The van der Waals surface area contributed by atoms with Crippen LogP contribution in [-0.2, 0) is 16.0 Å². The fourth-order valence-corrected chi connectivity index (χ4v) is 5.04. The van der Waals surface area contributed by atoms with Crippen molar-refractivity contribution in [3.8, 4) is 17.2 Å². The monoisotopic (exact) mass is 618 g/mol. The van der Waals surface area contributed by atoms with Gasteiger partial charge in [-0.3, -0.25) is 20.3 Å². The molecule has 3 aromatic carbocycles. The van der Waals surface area contributed by atoms with E-state index in [-0.39, 0.29) is 31.4 Å². The van der Waals surface area contributed by atoms with Gasteiger partial charge < -0.3 is 24.7 Å². The van der Waals surface area contributed by atoms with E-state index in [4.69, 9.17) is 24.7 Å². The Balaban J connectivity index is 1.43. The molecule has 11 nitrogen and oxygen atoms in total. The summed E-state index contributed by atoms with van der Waals surface area (Å²) in [4.78, 5) is 39.3. The number of Topliss-reactive ketones (excluding diaryl/α,β-unsaturated/α-hetero) is 1. The number of nitrogens with two attached hydrogens (primary N) is 1. The molecular weight excluding hydrogens is 576 g/mol. The maximum atomic E-state index is 13.3. The lowest BCUT2D eigenvalue weighted by Crippen LogP contribution is -2.50. The summed E-state index contributed by atoms with van der Waals surface area (Å²) in [7, 11) is 3.02. The van der Waals surface area contributed by atoms with Gasteiger partial charge in [0, 0.05) is 18.9 Å². The number of ketones is 1. The van der Waals surface area contributed by atoms with Gasteiger partial charge in [-0.1, -0.05) is 24.3 Å². The largest absolute Gasteiger partial charge is 0.495 e.